The molecule has 0 aromatic rings. The Morgan fingerprint density at radius 2 is 1.85 bits per heavy atom. The van der Waals surface area contributed by atoms with E-state index in [0.29, 0.717) is 0 Å². The summed E-state index contributed by atoms with van der Waals surface area (Å²) in [5.74, 6) is -3.24. The Morgan fingerprint density at radius 1 is 1.31 bits per heavy atom. The van der Waals surface area contributed by atoms with Gasteiger partial charge in [0, 0.05) is 0 Å². The van der Waals surface area contributed by atoms with Gasteiger partial charge in [0.1, 0.15) is 0 Å². The van der Waals surface area contributed by atoms with Crippen LogP contribution in [0.25, 0.3) is 0 Å². The Hall–Kier alpha value is -1.35. The molecule has 0 amide bonds. The van der Waals surface area contributed by atoms with Crippen molar-refractivity contribution in [1.29, 1.82) is 0 Å². The normalized spacial score (nSPS) is 14.2. The minimum Gasteiger partial charge on any atom is -0.479 e. The summed E-state index contributed by atoms with van der Waals surface area (Å²) in [4.78, 5) is 33.5. The quantitative estimate of drug-likeness (QED) is 0.296. The van der Waals surface area contributed by atoms with Crippen molar-refractivity contribution in [2.24, 2.45) is 5.34 Å². The highest BCUT2D eigenvalue weighted by Crippen LogP contribution is 2.17. The molecule has 74 valence electrons. The fraction of sp³-hybridized carbons (Fsp3) is 0.500. The number of aliphatic carboxylic acids is 2. The number of carboxylic acids is 2. The lowest BCUT2D eigenvalue weighted by Gasteiger charge is -2.09. The van der Waals surface area contributed by atoms with Crippen LogP contribution < -0.4 is 0 Å². The number of carboxylic acid groups (broad SMARTS) is 2. The first-order valence-corrected chi connectivity index (χ1v) is 3.71. The second-order valence-corrected chi connectivity index (χ2v) is 2.82. The molecule has 0 aliphatic carbocycles. The predicted octanol–water partition coefficient (Wildman–Crippen LogP) is -0.769. The second-order valence-electron chi connectivity index (χ2n) is 1.68. The van der Waals surface area contributed by atoms with Crippen LogP contribution >= 0.6 is 11.8 Å². The van der Waals surface area contributed by atoms with Gasteiger partial charge in [-0.2, -0.15) is 0 Å². The molecule has 0 spiro atoms. The molecule has 3 N–H and O–H groups in total. The SMILES string of the molecule is O=NOC(SC(O)C(=O)O)C(=O)O. The van der Waals surface area contributed by atoms with E-state index in [1.165, 1.54) is 0 Å². The second kappa shape index (κ2) is 5.32. The van der Waals surface area contributed by atoms with Gasteiger partial charge in [0.15, 0.2) is 5.34 Å². The van der Waals surface area contributed by atoms with E-state index >= 15 is 0 Å². The molecule has 0 aliphatic rings. The van der Waals surface area contributed by atoms with E-state index in [9.17, 15) is 14.5 Å². The summed E-state index contributed by atoms with van der Waals surface area (Å²) in [6, 6.07) is 0. The standard InChI is InChI=1S/C4H5NO7S/c6-1(7)3(10)13-4(2(8)9)12-5-11/h3-4,10H,(H,6,7)(H,8,9). The molecule has 0 aromatic carbocycles. The van der Waals surface area contributed by atoms with Crippen molar-refractivity contribution in [2.75, 3.05) is 0 Å². The number of aliphatic hydroxyl groups excluding tert-OH is 1. The first-order valence-electron chi connectivity index (χ1n) is 2.76. The first kappa shape index (κ1) is 11.6. The third-order valence-corrected chi connectivity index (χ3v) is 1.80. The van der Waals surface area contributed by atoms with Gasteiger partial charge in [-0.25, -0.2) is 9.59 Å². The van der Waals surface area contributed by atoms with Crippen molar-refractivity contribution in [2.45, 2.75) is 10.9 Å². The summed E-state index contributed by atoms with van der Waals surface area (Å²) >= 11 is 0.0260. The van der Waals surface area contributed by atoms with Crippen molar-refractivity contribution in [3.63, 3.8) is 0 Å². The van der Waals surface area contributed by atoms with Gasteiger partial charge in [-0.3, -0.25) is 0 Å². The average molecular weight is 211 g/mol. The Morgan fingerprint density at radius 3 is 2.15 bits per heavy atom. The van der Waals surface area contributed by atoms with Gasteiger partial charge in [-0.1, -0.05) is 11.8 Å². The highest BCUT2D eigenvalue weighted by atomic mass is 32.2. The zero-order valence-electron chi connectivity index (χ0n) is 5.98. The smallest absolute Gasteiger partial charge is 0.358 e. The molecule has 0 aromatic heterocycles. The molecule has 2 atom stereocenters. The van der Waals surface area contributed by atoms with Crippen LogP contribution in [0.4, 0.5) is 0 Å². The number of aliphatic hydroxyl groups is 1. The van der Waals surface area contributed by atoms with Gasteiger partial charge in [-0.15, -0.1) is 4.91 Å². The topological polar surface area (TPSA) is 133 Å². The van der Waals surface area contributed by atoms with Crippen molar-refractivity contribution >= 4 is 23.7 Å². The fourth-order valence-electron chi connectivity index (χ4n) is 0.343. The number of nitrogens with zero attached hydrogens (tertiary/aromatic N) is 1. The van der Waals surface area contributed by atoms with Crippen LogP contribution in [0, 0.1) is 4.91 Å². The summed E-state index contributed by atoms with van der Waals surface area (Å²) in [6.07, 6.45) is 0. The fourth-order valence-corrected chi connectivity index (χ4v) is 0.894. The molecular weight excluding hydrogens is 206 g/mol. The van der Waals surface area contributed by atoms with Gasteiger partial charge in [-0.05, 0) is 0 Å². The lowest BCUT2D eigenvalue weighted by Crippen LogP contribution is -2.25. The first-order chi connectivity index (χ1) is 5.99. The number of hydrogen-bond donors (Lipinski definition) is 3. The van der Waals surface area contributed by atoms with Crippen LogP contribution in [-0.2, 0) is 14.4 Å². The predicted molar refractivity (Wildman–Crippen MR) is 39.5 cm³/mol. The van der Waals surface area contributed by atoms with Crippen LogP contribution in [0.5, 0.6) is 0 Å². The molecule has 0 saturated carbocycles. The van der Waals surface area contributed by atoms with Gasteiger partial charge >= 0.3 is 11.9 Å². The van der Waals surface area contributed by atoms with Crippen LogP contribution in [0.2, 0.25) is 0 Å². The molecule has 0 fully saturated rings. The molecule has 0 rings (SSSR count). The minimum absolute atomic E-state index is 0.0260. The number of thioether (sulfide) groups is 1. The molecular formula is C4H5NO7S. The van der Waals surface area contributed by atoms with Crippen LogP contribution in [0.1, 0.15) is 0 Å². The van der Waals surface area contributed by atoms with Crippen molar-refractivity contribution < 1.29 is 29.7 Å². The molecule has 0 heterocycles. The van der Waals surface area contributed by atoms with Gasteiger partial charge in [0.25, 0.3) is 5.44 Å². The van der Waals surface area contributed by atoms with E-state index < -0.39 is 22.8 Å². The Labute approximate surface area is 75.4 Å². The number of hydrogen-bond acceptors (Lipinski definition) is 7. The number of rotatable bonds is 6. The van der Waals surface area contributed by atoms with Crippen LogP contribution in [-0.4, -0.2) is 38.1 Å². The largest absolute Gasteiger partial charge is 0.479 e. The molecule has 8 nitrogen and oxygen atoms in total. The molecule has 13 heavy (non-hydrogen) atoms. The molecule has 0 aliphatic heterocycles. The lowest BCUT2D eigenvalue weighted by molar-refractivity contribution is -0.144. The Bertz CT molecular complexity index is 219. The zero-order valence-corrected chi connectivity index (χ0v) is 6.80. The third kappa shape index (κ3) is 4.28. The Balaban J connectivity index is 4.16. The van der Waals surface area contributed by atoms with E-state index in [4.69, 9.17) is 15.3 Å². The van der Waals surface area contributed by atoms with Crippen LogP contribution in [0.15, 0.2) is 5.34 Å². The zero-order chi connectivity index (χ0) is 10.4. The van der Waals surface area contributed by atoms with Gasteiger partial charge < -0.3 is 20.2 Å². The summed E-state index contributed by atoms with van der Waals surface area (Å²) < 4.78 is 0. The van der Waals surface area contributed by atoms with Crippen molar-refractivity contribution in [1.82, 2.24) is 0 Å². The third-order valence-electron chi connectivity index (χ3n) is 0.804. The van der Waals surface area contributed by atoms with E-state index in [1.54, 1.807) is 0 Å². The minimum atomic E-state index is -1.98. The van der Waals surface area contributed by atoms with E-state index in [-0.39, 0.29) is 11.8 Å². The van der Waals surface area contributed by atoms with E-state index in [1.807, 2.05) is 5.34 Å². The lowest BCUT2D eigenvalue weighted by atomic mass is 10.7. The van der Waals surface area contributed by atoms with Gasteiger partial charge in [0.05, 0.1) is 0 Å². The highest BCUT2D eigenvalue weighted by molar-refractivity contribution is 8.01. The van der Waals surface area contributed by atoms with Crippen molar-refractivity contribution in [3.8, 4) is 0 Å². The average Bonchev–Trinajstić information content (AvgIpc) is 2.03. The van der Waals surface area contributed by atoms with E-state index in [2.05, 4.69) is 4.84 Å². The molecule has 2 unspecified atom stereocenters. The van der Waals surface area contributed by atoms with E-state index in [0.717, 1.165) is 0 Å². The molecule has 0 bridgehead atoms. The highest BCUT2D eigenvalue weighted by Gasteiger charge is 2.28. The summed E-state index contributed by atoms with van der Waals surface area (Å²) in [6.45, 7) is 0. The summed E-state index contributed by atoms with van der Waals surface area (Å²) in [5, 5.41) is 26.9. The molecule has 9 heteroatoms. The van der Waals surface area contributed by atoms with Crippen molar-refractivity contribution in [3.05, 3.63) is 4.91 Å². The summed E-state index contributed by atoms with van der Waals surface area (Å²) in [5.41, 5.74) is -3.81. The maximum absolute atomic E-state index is 10.2. The maximum atomic E-state index is 10.2. The van der Waals surface area contributed by atoms with Gasteiger partial charge in [0.2, 0.25) is 5.44 Å². The van der Waals surface area contributed by atoms with Crippen LogP contribution in [0.3, 0.4) is 0 Å². The maximum Gasteiger partial charge on any atom is 0.358 e. The molecule has 0 radical (unpaired) electrons. The summed E-state index contributed by atoms with van der Waals surface area (Å²) in [7, 11) is 0. The number of carbonyl (C=O) groups is 2. The Kier molecular flexibility index (Phi) is 4.77. The molecule has 0 saturated heterocycles. The monoisotopic (exact) mass is 211 g/mol.